The zero-order valence-electron chi connectivity index (χ0n) is 19.9. The fourth-order valence-corrected chi connectivity index (χ4v) is 3.80. The Morgan fingerprint density at radius 2 is 1.86 bits per heavy atom. The third-order valence-electron chi connectivity index (χ3n) is 5.14. The molecule has 192 valence electrons. The van der Waals surface area contributed by atoms with E-state index >= 15 is 0 Å². The summed E-state index contributed by atoms with van der Waals surface area (Å²) in [5.74, 6) is -0.169. The molecule has 0 amide bonds. The van der Waals surface area contributed by atoms with Crippen LogP contribution in [0.3, 0.4) is 0 Å². The molecule has 0 radical (unpaired) electrons. The number of carbonyl (C=O) groups excluding carboxylic acids is 1. The Bertz CT molecular complexity index is 992. The minimum Gasteiger partial charge on any atom is -0.489 e. The van der Waals surface area contributed by atoms with Crippen molar-refractivity contribution in [2.24, 2.45) is 0 Å². The van der Waals surface area contributed by atoms with Gasteiger partial charge in [0.1, 0.15) is 23.7 Å². The van der Waals surface area contributed by atoms with Gasteiger partial charge in [-0.25, -0.2) is 0 Å². The molecule has 3 rings (SSSR count). The summed E-state index contributed by atoms with van der Waals surface area (Å²) < 4.78 is 59.0. The van der Waals surface area contributed by atoms with Gasteiger partial charge in [0.2, 0.25) is 0 Å². The van der Waals surface area contributed by atoms with Crippen LogP contribution in [0.4, 0.5) is 13.2 Å². The molecular weight excluding hydrogens is 487 g/mol. The van der Waals surface area contributed by atoms with Crippen LogP contribution in [0, 0.1) is 0 Å². The van der Waals surface area contributed by atoms with Crippen LogP contribution in [0.15, 0.2) is 42.5 Å². The summed E-state index contributed by atoms with van der Waals surface area (Å²) in [6.45, 7) is 7.79. The molecule has 0 bridgehead atoms. The van der Waals surface area contributed by atoms with Crippen molar-refractivity contribution in [2.75, 3.05) is 26.2 Å². The maximum Gasteiger partial charge on any atom is 0.573 e. The minimum atomic E-state index is -4.83. The normalized spacial score (nSPS) is 17.2. The predicted octanol–water partition coefficient (Wildman–Crippen LogP) is 5.92. The van der Waals surface area contributed by atoms with E-state index in [1.165, 1.54) is 18.2 Å². The van der Waals surface area contributed by atoms with Crippen molar-refractivity contribution in [3.05, 3.63) is 58.6 Å². The summed E-state index contributed by atoms with van der Waals surface area (Å²) in [5, 5.41) is 0.116. The van der Waals surface area contributed by atoms with Crippen molar-refractivity contribution in [1.29, 1.82) is 0 Å². The highest BCUT2D eigenvalue weighted by Gasteiger charge is 2.32. The van der Waals surface area contributed by atoms with Gasteiger partial charge >= 0.3 is 12.3 Å². The number of nitrogens with zero attached hydrogens (tertiary/aromatic N) is 1. The average Bonchev–Trinajstić information content (AvgIpc) is 2.76. The molecule has 1 aliphatic rings. The fourth-order valence-electron chi connectivity index (χ4n) is 3.58. The van der Waals surface area contributed by atoms with Crippen molar-refractivity contribution in [2.45, 2.75) is 51.9 Å². The maximum absolute atomic E-state index is 12.7. The highest BCUT2D eigenvalue weighted by molar-refractivity contribution is 6.31. The first-order valence-corrected chi connectivity index (χ1v) is 11.6. The van der Waals surface area contributed by atoms with Crippen LogP contribution < -0.4 is 9.47 Å². The van der Waals surface area contributed by atoms with E-state index in [4.69, 9.17) is 25.8 Å². The third-order valence-corrected chi connectivity index (χ3v) is 5.49. The molecule has 2 aromatic rings. The second-order valence-corrected chi connectivity index (χ2v) is 9.53. The quantitative estimate of drug-likeness (QED) is 0.407. The number of rotatable bonds is 8. The Balaban J connectivity index is 1.55. The molecule has 1 unspecified atom stereocenters. The van der Waals surface area contributed by atoms with Gasteiger partial charge in [-0.3, -0.25) is 9.69 Å². The average molecular weight is 516 g/mol. The maximum atomic E-state index is 12.7. The fraction of sp³-hybridized carbons (Fsp3) is 0.480. The van der Waals surface area contributed by atoms with Crippen molar-refractivity contribution >= 4 is 17.6 Å². The van der Waals surface area contributed by atoms with Gasteiger partial charge in [-0.05, 0) is 50.6 Å². The number of hydrogen-bond donors (Lipinski definition) is 0. The lowest BCUT2D eigenvalue weighted by Gasteiger charge is -2.33. The molecule has 1 heterocycles. The first-order valence-electron chi connectivity index (χ1n) is 11.2. The van der Waals surface area contributed by atoms with Crippen LogP contribution in [0.1, 0.15) is 44.4 Å². The molecule has 0 spiro atoms. The van der Waals surface area contributed by atoms with E-state index in [9.17, 15) is 18.0 Å². The van der Waals surface area contributed by atoms with Gasteiger partial charge in [0.15, 0.2) is 0 Å². The van der Waals surface area contributed by atoms with Crippen LogP contribution in [0.2, 0.25) is 5.02 Å². The molecule has 0 aromatic heterocycles. The van der Waals surface area contributed by atoms with Crippen LogP contribution in [-0.2, 0) is 20.9 Å². The van der Waals surface area contributed by atoms with Crippen LogP contribution in [0.5, 0.6) is 11.5 Å². The Labute approximate surface area is 207 Å². The molecule has 1 saturated heterocycles. The second kappa shape index (κ2) is 11.5. The largest absolute Gasteiger partial charge is 0.573 e. The standard InChI is InChI=1S/C25H29ClF3NO5/c1-24(2,3)35-23(31)11-12-30-13-14-32-22(15-30)17-7-9-18(10-8-17)33-16-19-20(26)5-4-6-21(19)34-25(27,28)29/h4-10,22H,11-16H2,1-3H3. The molecule has 0 N–H and O–H groups in total. The lowest BCUT2D eigenvalue weighted by molar-refractivity contribution is -0.275. The van der Waals surface area contributed by atoms with Crippen molar-refractivity contribution in [3.8, 4) is 11.5 Å². The number of esters is 1. The molecule has 0 saturated carbocycles. The molecule has 1 atom stereocenters. The van der Waals surface area contributed by atoms with Crippen LogP contribution in [0.25, 0.3) is 0 Å². The lowest BCUT2D eigenvalue weighted by Crippen LogP contribution is -2.39. The van der Waals surface area contributed by atoms with E-state index in [0.29, 0.717) is 31.9 Å². The van der Waals surface area contributed by atoms with Crippen LogP contribution in [-0.4, -0.2) is 49.1 Å². The first-order chi connectivity index (χ1) is 16.4. The molecular formula is C25H29ClF3NO5. The SMILES string of the molecule is CC(C)(C)OC(=O)CCN1CCOC(c2ccc(OCc3c(Cl)cccc3OC(F)(F)F)cc2)C1. The van der Waals surface area contributed by atoms with E-state index < -0.39 is 17.7 Å². The summed E-state index contributed by atoms with van der Waals surface area (Å²) in [6, 6.07) is 11.2. The number of benzene rings is 2. The zero-order chi connectivity index (χ0) is 25.6. The Morgan fingerprint density at radius 3 is 2.51 bits per heavy atom. The molecule has 35 heavy (non-hydrogen) atoms. The molecule has 0 aliphatic carbocycles. The zero-order valence-corrected chi connectivity index (χ0v) is 20.6. The van der Waals surface area contributed by atoms with E-state index in [0.717, 1.165) is 12.1 Å². The highest BCUT2D eigenvalue weighted by atomic mass is 35.5. The van der Waals surface area contributed by atoms with Gasteiger partial charge in [-0.15, -0.1) is 13.2 Å². The van der Waals surface area contributed by atoms with E-state index in [1.54, 1.807) is 12.1 Å². The minimum absolute atomic E-state index is 0.104. The number of hydrogen-bond acceptors (Lipinski definition) is 6. The van der Waals surface area contributed by atoms with Gasteiger partial charge < -0.3 is 18.9 Å². The first kappa shape index (κ1) is 27.1. The monoisotopic (exact) mass is 515 g/mol. The molecule has 10 heteroatoms. The van der Waals surface area contributed by atoms with Gasteiger partial charge in [0.05, 0.1) is 29.7 Å². The second-order valence-electron chi connectivity index (χ2n) is 9.12. The van der Waals surface area contributed by atoms with Gasteiger partial charge in [0, 0.05) is 19.6 Å². The molecule has 1 fully saturated rings. The van der Waals surface area contributed by atoms with Crippen molar-refractivity contribution in [3.63, 3.8) is 0 Å². The molecule has 6 nitrogen and oxygen atoms in total. The number of morpholine rings is 1. The Kier molecular flexibility index (Phi) is 8.90. The summed E-state index contributed by atoms with van der Waals surface area (Å²) in [7, 11) is 0. The van der Waals surface area contributed by atoms with Crippen molar-refractivity contribution in [1.82, 2.24) is 4.90 Å². The van der Waals surface area contributed by atoms with Crippen LogP contribution >= 0.6 is 11.6 Å². The number of halogens is 4. The van der Waals surface area contributed by atoms with Gasteiger partial charge in [0.25, 0.3) is 0 Å². The van der Waals surface area contributed by atoms with E-state index in [2.05, 4.69) is 9.64 Å². The van der Waals surface area contributed by atoms with Gasteiger partial charge in [-0.2, -0.15) is 0 Å². The van der Waals surface area contributed by atoms with E-state index in [1.807, 2.05) is 32.9 Å². The van der Waals surface area contributed by atoms with Gasteiger partial charge in [-0.1, -0.05) is 29.8 Å². The topological polar surface area (TPSA) is 57.2 Å². The Hall–Kier alpha value is -2.49. The molecule has 1 aliphatic heterocycles. The lowest BCUT2D eigenvalue weighted by atomic mass is 10.1. The molecule has 2 aromatic carbocycles. The summed E-state index contributed by atoms with van der Waals surface area (Å²) >= 11 is 6.06. The number of alkyl halides is 3. The summed E-state index contributed by atoms with van der Waals surface area (Å²) in [5.41, 5.74) is 0.526. The third kappa shape index (κ3) is 8.91. The number of ether oxygens (including phenoxy) is 4. The summed E-state index contributed by atoms with van der Waals surface area (Å²) in [6.07, 6.45) is -4.70. The Morgan fingerprint density at radius 1 is 1.14 bits per heavy atom. The smallest absolute Gasteiger partial charge is 0.489 e. The number of carbonyl (C=O) groups is 1. The summed E-state index contributed by atoms with van der Waals surface area (Å²) in [4.78, 5) is 14.2. The van der Waals surface area contributed by atoms with E-state index in [-0.39, 0.29) is 29.3 Å². The van der Waals surface area contributed by atoms with Crippen molar-refractivity contribution < 1.29 is 36.9 Å². The highest BCUT2D eigenvalue weighted by Crippen LogP contribution is 2.32. The predicted molar refractivity (Wildman–Crippen MR) is 125 cm³/mol.